The summed E-state index contributed by atoms with van der Waals surface area (Å²) in [6, 6.07) is 17.8. The third kappa shape index (κ3) is 4.81. The first-order chi connectivity index (χ1) is 17.8. The minimum atomic E-state index is -0.776. The second-order valence-corrected chi connectivity index (χ2v) is 10.3. The van der Waals surface area contributed by atoms with Crippen molar-refractivity contribution >= 4 is 23.4 Å². The molecule has 0 unspecified atom stereocenters. The molecule has 1 atom stereocenters. The van der Waals surface area contributed by atoms with E-state index in [0.29, 0.717) is 29.3 Å². The lowest BCUT2D eigenvalue weighted by Gasteiger charge is -2.34. The number of ether oxygens (including phenoxy) is 1. The normalized spacial score (nSPS) is 22.8. The Hall–Kier alpha value is -3.42. The van der Waals surface area contributed by atoms with Crippen molar-refractivity contribution in [2.24, 2.45) is 17.4 Å². The van der Waals surface area contributed by atoms with Crippen molar-refractivity contribution in [1.82, 2.24) is 5.32 Å². The van der Waals surface area contributed by atoms with Crippen molar-refractivity contribution in [3.63, 3.8) is 0 Å². The van der Waals surface area contributed by atoms with Crippen LogP contribution in [0, 0.1) is 11.7 Å². The number of hydrogen-bond donors (Lipinski definition) is 3. The number of rotatable bonds is 7. The molecular weight excluding hydrogens is 493 g/mol. The molecule has 2 amide bonds. The summed E-state index contributed by atoms with van der Waals surface area (Å²) in [5, 5.41) is 3.97. The quantitative estimate of drug-likeness (QED) is 0.418. The van der Waals surface area contributed by atoms with E-state index in [9.17, 15) is 9.59 Å². The molecule has 1 fully saturated rings. The van der Waals surface area contributed by atoms with Crippen molar-refractivity contribution < 1.29 is 18.7 Å². The SMILES string of the molecule is NC(=O)c1cccc(F)c1-c1c(Cl)ccc2c1C[C@@](CN[C@H]1CC[C@H](C(N)=O)CC1)(c1ccccc1)O2. The second-order valence-electron chi connectivity index (χ2n) is 9.90. The molecule has 1 saturated carbocycles. The zero-order chi connectivity index (χ0) is 26.2. The number of halogens is 2. The van der Waals surface area contributed by atoms with Crippen molar-refractivity contribution in [2.45, 2.75) is 43.7 Å². The topological polar surface area (TPSA) is 107 Å². The van der Waals surface area contributed by atoms with Crippen LogP contribution < -0.4 is 21.5 Å². The summed E-state index contributed by atoms with van der Waals surface area (Å²) in [6.45, 7) is 0.495. The van der Waals surface area contributed by atoms with Gasteiger partial charge in [0.15, 0.2) is 5.60 Å². The third-order valence-electron chi connectivity index (χ3n) is 7.62. The maximum Gasteiger partial charge on any atom is 0.249 e. The molecule has 6 nitrogen and oxygen atoms in total. The van der Waals surface area contributed by atoms with Gasteiger partial charge in [0.05, 0.1) is 0 Å². The largest absolute Gasteiger partial charge is 0.481 e. The highest BCUT2D eigenvalue weighted by molar-refractivity contribution is 6.34. The van der Waals surface area contributed by atoms with E-state index >= 15 is 4.39 Å². The molecule has 3 aromatic carbocycles. The summed E-state index contributed by atoms with van der Waals surface area (Å²) in [7, 11) is 0. The van der Waals surface area contributed by atoms with Crippen LogP contribution in [0.1, 0.15) is 47.2 Å². The van der Waals surface area contributed by atoms with Gasteiger partial charge in [-0.1, -0.05) is 48.0 Å². The van der Waals surface area contributed by atoms with Crippen molar-refractivity contribution in [2.75, 3.05) is 6.54 Å². The number of nitrogens with two attached hydrogens (primary N) is 2. The van der Waals surface area contributed by atoms with E-state index in [1.165, 1.54) is 18.2 Å². The number of benzene rings is 3. The Bertz CT molecular complexity index is 1340. The maximum atomic E-state index is 15.2. The van der Waals surface area contributed by atoms with Gasteiger partial charge in [-0.2, -0.15) is 0 Å². The molecule has 37 heavy (non-hydrogen) atoms. The number of fused-ring (bicyclic) bond motifs is 1. The fourth-order valence-electron chi connectivity index (χ4n) is 5.65. The predicted molar refractivity (Wildman–Crippen MR) is 141 cm³/mol. The molecule has 0 bridgehead atoms. The van der Waals surface area contributed by atoms with E-state index in [4.69, 9.17) is 27.8 Å². The summed E-state index contributed by atoms with van der Waals surface area (Å²) in [6.07, 6.45) is 3.63. The summed E-state index contributed by atoms with van der Waals surface area (Å²) in [5.41, 5.74) is 12.6. The third-order valence-corrected chi connectivity index (χ3v) is 7.94. The van der Waals surface area contributed by atoms with Gasteiger partial charge in [-0.3, -0.25) is 9.59 Å². The summed E-state index contributed by atoms with van der Waals surface area (Å²) in [4.78, 5) is 23.8. The Morgan fingerprint density at radius 2 is 1.70 bits per heavy atom. The Labute approximate surface area is 220 Å². The maximum absolute atomic E-state index is 15.2. The van der Waals surface area contributed by atoms with Crippen molar-refractivity contribution in [3.8, 4) is 16.9 Å². The highest BCUT2D eigenvalue weighted by Crippen LogP contribution is 2.49. The fraction of sp³-hybridized carbons (Fsp3) is 0.310. The zero-order valence-electron chi connectivity index (χ0n) is 20.3. The van der Waals surface area contributed by atoms with Crippen LogP contribution >= 0.6 is 11.6 Å². The van der Waals surface area contributed by atoms with Gasteiger partial charge >= 0.3 is 0 Å². The Morgan fingerprint density at radius 3 is 2.38 bits per heavy atom. The number of nitrogens with one attached hydrogen (secondary N) is 1. The van der Waals surface area contributed by atoms with Crippen LogP contribution in [0.25, 0.3) is 11.1 Å². The molecule has 0 saturated heterocycles. The average molecular weight is 522 g/mol. The number of hydrogen-bond acceptors (Lipinski definition) is 4. The Kier molecular flexibility index (Phi) is 6.92. The molecule has 5 rings (SSSR count). The van der Waals surface area contributed by atoms with Crippen molar-refractivity contribution in [1.29, 1.82) is 0 Å². The molecule has 2 aliphatic rings. The number of primary amides is 2. The lowest BCUT2D eigenvalue weighted by Crippen LogP contribution is -2.47. The first-order valence-corrected chi connectivity index (χ1v) is 12.8. The molecule has 0 spiro atoms. The van der Waals surface area contributed by atoms with Crippen LogP contribution in [-0.4, -0.2) is 24.4 Å². The Morgan fingerprint density at radius 1 is 0.973 bits per heavy atom. The lowest BCUT2D eigenvalue weighted by molar-refractivity contribution is -0.122. The van der Waals surface area contributed by atoms with Crippen LogP contribution in [0.5, 0.6) is 5.75 Å². The highest BCUT2D eigenvalue weighted by atomic mass is 35.5. The molecule has 0 aromatic heterocycles. The lowest BCUT2D eigenvalue weighted by atomic mass is 9.83. The van der Waals surface area contributed by atoms with E-state index in [1.54, 1.807) is 12.1 Å². The Balaban J connectivity index is 1.51. The zero-order valence-corrected chi connectivity index (χ0v) is 21.1. The molecule has 1 aliphatic carbocycles. The van der Waals surface area contributed by atoms with Crippen LogP contribution in [0.15, 0.2) is 60.7 Å². The van der Waals surface area contributed by atoms with Gasteiger partial charge < -0.3 is 21.5 Å². The van der Waals surface area contributed by atoms with Crippen LogP contribution in [0.3, 0.4) is 0 Å². The number of carbonyl (C=O) groups excluding carboxylic acids is 2. The predicted octanol–water partition coefficient (Wildman–Crippen LogP) is 4.71. The molecule has 192 valence electrons. The van der Waals surface area contributed by atoms with E-state index in [0.717, 1.165) is 36.8 Å². The van der Waals surface area contributed by atoms with Gasteiger partial charge in [0.2, 0.25) is 11.8 Å². The first kappa shape index (κ1) is 25.2. The standard InChI is InChI=1S/C29H29ClFN3O3/c30-22-13-14-24-21(25(22)26-20(28(33)36)7-4-8-23(26)31)15-29(37-24,18-5-2-1-3-6-18)16-34-19-11-9-17(10-12-19)27(32)35/h1-8,13-14,17,19,34H,9-12,15-16H2,(H2,32,35)(H2,33,36)/t17-,19-,29-/m1/s1. The number of carbonyl (C=O) groups is 2. The number of amides is 2. The van der Waals surface area contributed by atoms with Crippen molar-refractivity contribution in [3.05, 3.63) is 88.2 Å². The summed E-state index contributed by atoms with van der Waals surface area (Å²) >= 11 is 6.64. The molecule has 3 aromatic rings. The minimum Gasteiger partial charge on any atom is -0.481 e. The summed E-state index contributed by atoms with van der Waals surface area (Å²) < 4.78 is 21.8. The first-order valence-electron chi connectivity index (χ1n) is 12.5. The minimum absolute atomic E-state index is 0.0665. The van der Waals surface area contributed by atoms with E-state index in [2.05, 4.69) is 5.32 Å². The van der Waals surface area contributed by atoms with E-state index in [-0.39, 0.29) is 29.0 Å². The van der Waals surface area contributed by atoms with E-state index < -0.39 is 17.3 Å². The molecule has 5 N–H and O–H groups in total. The summed E-state index contributed by atoms with van der Waals surface area (Å²) in [5.74, 6) is -1.03. The average Bonchev–Trinajstić information content (AvgIpc) is 3.28. The molecule has 0 radical (unpaired) electrons. The molecule has 1 heterocycles. The molecule has 8 heteroatoms. The van der Waals surface area contributed by atoms with Gasteiger partial charge in [-0.15, -0.1) is 0 Å². The molecule has 1 aliphatic heterocycles. The highest BCUT2D eigenvalue weighted by Gasteiger charge is 2.43. The van der Waals surface area contributed by atoms with Crippen LogP contribution in [-0.2, 0) is 16.8 Å². The van der Waals surface area contributed by atoms with Gasteiger partial charge in [0.1, 0.15) is 11.6 Å². The fourth-order valence-corrected chi connectivity index (χ4v) is 5.92. The van der Waals surface area contributed by atoms with Gasteiger partial charge in [-0.05, 0) is 55.5 Å². The smallest absolute Gasteiger partial charge is 0.249 e. The van der Waals surface area contributed by atoms with Gasteiger partial charge in [0, 0.05) is 52.2 Å². The second kappa shape index (κ2) is 10.1. The van der Waals surface area contributed by atoms with E-state index in [1.807, 2.05) is 30.3 Å². The van der Waals surface area contributed by atoms with Crippen LogP contribution in [0.2, 0.25) is 5.02 Å². The van der Waals surface area contributed by atoms with Gasteiger partial charge in [-0.25, -0.2) is 4.39 Å². The van der Waals surface area contributed by atoms with Crippen LogP contribution in [0.4, 0.5) is 4.39 Å². The van der Waals surface area contributed by atoms with Gasteiger partial charge in [0.25, 0.3) is 0 Å². The monoisotopic (exact) mass is 521 g/mol. The molecular formula is C29H29ClFN3O3.